The van der Waals surface area contributed by atoms with Gasteiger partial charge in [-0.25, -0.2) is 0 Å². The lowest BCUT2D eigenvalue weighted by Crippen LogP contribution is -2.51. The second-order valence-electron chi connectivity index (χ2n) is 7.59. The lowest BCUT2D eigenvalue weighted by molar-refractivity contribution is -0.126. The molecule has 2 fully saturated rings. The lowest BCUT2D eigenvalue weighted by Gasteiger charge is -2.37. The zero-order chi connectivity index (χ0) is 14.8. The van der Waals surface area contributed by atoms with Crippen LogP contribution in [0.25, 0.3) is 0 Å². The summed E-state index contributed by atoms with van der Waals surface area (Å²) in [6.07, 6.45) is 4.81. The molecule has 116 valence electrons. The van der Waals surface area contributed by atoms with Gasteiger partial charge in [-0.05, 0) is 72.4 Å². The Morgan fingerprint density at radius 3 is 2.60 bits per heavy atom. The van der Waals surface area contributed by atoms with Crippen LogP contribution in [0.1, 0.15) is 53.4 Å². The summed E-state index contributed by atoms with van der Waals surface area (Å²) < 4.78 is 0. The lowest BCUT2D eigenvalue weighted by atomic mass is 9.95. The van der Waals surface area contributed by atoms with Crippen LogP contribution < -0.4 is 10.6 Å². The summed E-state index contributed by atoms with van der Waals surface area (Å²) >= 11 is 0. The molecule has 0 spiro atoms. The molecule has 2 N–H and O–H groups in total. The molecule has 1 saturated heterocycles. The van der Waals surface area contributed by atoms with E-state index in [1.165, 1.54) is 12.8 Å². The number of carbonyl (C=O) groups is 1. The molecule has 2 aliphatic rings. The fraction of sp³-hybridized carbons (Fsp3) is 0.938. The monoisotopic (exact) mass is 281 g/mol. The Kier molecular flexibility index (Phi) is 5.08. The van der Waals surface area contributed by atoms with Crippen LogP contribution in [-0.4, -0.2) is 48.1 Å². The van der Waals surface area contributed by atoms with Gasteiger partial charge in [0.25, 0.3) is 0 Å². The Balaban J connectivity index is 1.78. The maximum Gasteiger partial charge on any atom is 0.237 e. The Morgan fingerprint density at radius 1 is 1.30 bits per heavy atom. The first-order valence-electron chi connectivity index (χ1n) is 8.14. The van der Waals surface area contributed by atoms with Crippen molar-refractivity contribution in [1.82, 2.24) is 15.5 Å². The number of carbonyl (C=O) groups excluding carboxylic acids is 1. The fourth-order valence-electron chi connectivity index (χ4n) is 2.78. The quantitative estimate of drug-likeness (QED) is 0.807. The molecule has 0 aromatic rings. The molecule has 2 atom stereocenters. The zero-order valence-electron chi connectivity index (χ0n) is 13.5. The number of nitrogens with zero attached hydrogens (tertiary/aromatic N) is 1. The summed E-state index contributed by atoms with van der Waals surface area (Å²) in [7, 11) is 0. The molecule has 1 saturated carbocycles. The molecule has 1 heterocycles. The predicted molar refractivity (Wildman–Crippen MR) is 82.7 cm³/mol. The van der Waals surface area contributed by atoms with Crippen molar-refractivity contribution < 1.29 is 4.79 Å². The summed E-state index contributed by atoms with van der Waals surface area (Å²) in [5.74, 6) is 0.885. The molecular weight excluding hydrogens is 250 g/mol. The number of amides is 1. The second kappa shape index (κ2) is 6.44. The third kappa shape index (κ3) is 5.06. The van der Waals surface area contributed by atoms with Crippen molar-refractivity contribution in [2.75, 3.05) is 19.6 Å². The highest BCUT2D eigenvalue weighted by molar-refractivity contribution is 5.81. The minimum atomic E-state index is 0.0213. The number of hydrogen-bond donors (Lipinski definition) is 2. The largest absolute Gasteiger partial charge is 0.352 e. The summed E-state index contributed by atoms with van der Waals surface area (Å²) in [6.45, 7) is 11.8. The molecule has 0 aromatic heterocycles. The van der Waals surface area contributed by atoms with Gasteiger partial charge in [-0.3, -0.25) is 9.69 Å². The molecule has 2 rings (SSSR count). The minimum absolute atomic E-state index is 0.0213. The van der Waals surface area contributed by atoms with Crippen LogP contribution in [0, 0.1) is 5.92 Å². The third-order valence-corrected chi connectivity index (χ3v) is 4.32. The summed E-state index contributed by atoms with van der Waals surface area (Å²) in [5.41, 5.74) is 0.178. The van der Waals surface area contributed by atoms with Crippen LogP contribution in [-0.2, 0) is 4.79 Å². The van der Waals surface area contributed by atoms with Crippen LogP contribution >= 0.6 is 0 Å². The van der Waals surface area contributed by atoms with Crippen molar-refractivity contribution in [3.8, 4) is 0 Å². The van der Waals surface area contributed by atoms with Gasteiger partial charge in [-0.2, -0.15) is 0 Å². The van der Waals surface area contributed by atoms with Gasteiger partial charge in [-0.1, -0.05) is 0 Å². The first kappa shape index (κ1) is 15.8. The smallest absolute Gasteiger partial charge is 0.237 e. The van der Waals surface area contributed by atoms with E-state index < -0.39 is 0 Å². The topological polar surface area (TPSA) is 44.4 Å². The van der Waals surface area contributed by atoms with Crippen LogP contribution in [0.4, 0.5) is 0 Å². The molecule has 2 unspecified atom stereocenters. The van der Waals surface area contributed by atoms with E-state index in [1.54, 1.807) is 0 Å². The van der Waals surface area contributed by atoms with E-state index in [0.29, 0.717) is 12.0 Å². The summed E-state index contributed by atoms with van der Waals surface area (Å²) in [6, 6.07) is 0.487. The van der Waals surface area contributed by atoms with Gasteiger partial charge in [0.15, 0.2) is 0 Å². The number of piperidine rings is 1. The maximum atomic E-state index is 12.1. The van der Waals surface area contributed by atoms with E-state index in [2.05, 4.69) is 43.2 Å². The molecule has 4 nitrogen and oxygen atoms in total. The van der Waals surface area contributed by atoms with E-state index in [-0.39, 0.29) is 17.5 Å². The SMILES string of the molecule is CC(C(=O)NC1CC1)N1CCCC(CNC(C)(C)C)C1. The van der Waals surface area contributed by atoms with Gasteiger partial charge in [0.05, 0.1) is 6.04 Å². The summed E-state index contributed by atoms with van der Waals surface area (Å²) in [5, 5.41) is 6.72. The van der Waals surface area contributed by atoms with Gasteiger partial charge in [0.1, 0.15) is 0 Å². The Bertz CT molecular complexity index is 333. The molecule has 1 aliphatic heterocycles. The number of nitrogens with one attached hydrogen (secondary N) is 2. The molecule has 0 aromatic carbocycles. The van der Waals surface area contributed by atoms with Crippen molar-refractivity contribution in [2.24, 2.45) is 5.92 Å². The first-order valence-corrected chi connectivity index (χ1v) is 8.14. The number of rotatable bonds is 5. The van der Waals surface area contributed by atoms with Crippen molar-refractivity contribution >= 4 is 5.91 Å². The van der Waals surface area contributed by atoms with Gasteiger partial charge in [-0.15, -0.1) is 0 Å². The van der Waals surface area contributed by atoms with Crippen molar-refractivity contribution in [3.05, 3.63) is 0 Å². The van der Waals surface area contributed by atoms with E-state index >= 15 is 0 Å². The molecule has 1 aliphatic carbocycles. The van der Waals surface area contributed by atoms with E-state index in [9.17, 15) is 4.79 Å². The third-order valence-electron chi connectivity index (χ3n) is 4.32. The fourth-order valence-corrected chi connectivity index (χ4v) is 2.78. The van der Waals surface area contributed by atoms with Gasteiger partial charge in [0.2, 0.25) is 5.91 Å². The van der Waals surface area contributed by atoms with Gasteiger partial charge >= 0.3 is 0 Å². The number of likely N-dealkylation sites (tertiary alicyclic amines) is 1. The first-order chi connectivity index (χ1) is 9.35. The van der Waals surface area contributed by atoms with Crippen LogP contribution in [0.3, 0.4) is 0 Å². The molecule has 0 bridgehead atoms. The highest BCUT2D eigenvalue weighted by atomic mass is 16.2. The Morgan fingerprint density at radius 2 is 2.00 bits per heavy atom. The molecule has 1 amide bonds. The molecule has 20 heavy (non-hydrogen) atoms. The second-order valence-corrected chi connectivity index (χ2v) is 7.59. The van der Waals surface area contributed by atoms with E-state index in [1.807, 2.05) is 0 Å². The summed E-state index contributed by atoms with van der Waals surface area (Å²) in [4.78, 5) is 14.5. The predicted octanol–water partition coefficient (Wildman–Crippen LogP) is 1.75. The average Bonchev–Trinajstić information content (AvgIpc) is 3.19. The Hall–Kier alpha value is -0.610. The van der Waals surface area contributed by atoms with Gasteiger partial charge < -0.3 is 10.6 Å². The molecule has 0 radical (unpaired) electrons. The normalized spacial score (nSPS) is 26.3. The van der Waals surface area contributed by atoms with Crippen molar-refractivity contribution in [3.63, 3.8) is 0 Å². The standard InChI is InChI=1S/C16H31N3O/c1-12(15(20)18-14-7-8-14)19-9-5-6-13(11-19)10-17-16(2,3)4/h12-14,17H,5-11H2,1-4H3,(H,18,20). The van der Waals surface area contributed by atoms with Crippen LogP contribution in [0.15, 0.2) is 0 Å². The Labute approximate surface area is 123 Å². The molecular formula is C16H31N3O. The maximum absolute atomic E-state index is 12.1. The van der Waals surface area contributed by atoms with Gasteiger partial charge in [0, 0.05) is 18.1 Å². The highest BCUT2D eigenvalue weighted by Crippen LogP contribution is 2.21. The minimum Gasteiger partial charge on any atom is -0.352 e. The highest BCUT2D eigenvalue weighted by Gasteiger charge is 2.31. The van der Waals surface area contributed by atoms with E-state index in [4.69, 9.17) is 0 Å². The van der Waals surface area contributed by atoms with E-state index in [0.717, 1.165) is 32.5 Å². The number of hydrogen-bond acceptors (Lipinski definition) is 3. The van der Waals surface area contributed by atoms with Crippen LogP contribution in [0.5, 0.6) is 0 Å². The van der Waals surface area contributed by atoms with Crippen molar-refractivity contribution in [1.29, 1.82) is 0 Å². The average molecular weight is 281 g/mol. The van der Waals surface area contributed by atoms with Crippen molar-refractivity contribution in [2.45, 2.75) is 71.0 Å². The zero-order valence-corrected chi connectivity index (χ0v) is 13.5. The molecule has 4 heteroatoms. The van der Waals surface area contributed by atoms with Crippen LogP contribution in [0.2, 0.25) is 0 Å².